The first kappa shape index (κ1) is 16.3. The molecule has 0 saturated carbocycles. The molecule has 1 aromatic heterocycles. The van der Waals surface area contributed by atoms with Crippen molar-refractivity contribution >= 4 is 23.4 Å². The van der Waals surface area contributed by atoms with Gasteiger partial charge >= 0.3 is 0 Å². The van der Waals surface area contributed by atoms with Crippen molar-refractivity contribution < 1.29 is 9.84 Å². The molecule has 1 atom stereocenters. The van der Waals surface area contributed by atoms with Gasteiger partial charge in [-0.3, -0.25) is 0 Å². The highest BCUT2D eigenvalue weighted by molar-refractivity contribution is 7.98. The van der Waals surface area contributed by atoms with Crippen LogP contribution in [-0.4, -0.2) is 59.3 Å². The molecule has 1 fully saturated rings. The third-order valence-corrected chi connectivity index (χ3v) is 3.79. The van der Waals surface area contributed by atoms with Crippen LogP contribution in [-0.2, 0) is 4.74 Å². The van der Waals surface area contributed by atoms with Crippen molar-refractivity contribution in [1.29, 1.82) is 0 Å². The lowest BCUT2D eigenvalue weighted by Gasteiger charge is -2.42. The average Bonchev–Trinajstić information content (AvgIpc) is 2.45. The summed E-state index contributed by atoms with van der Waals surface area (Å²) in [6.07, 6.45) is 1.78. The van der Waals surface area contributed by atoms with E-state index in [0.29, 0.717) is 6.54 Å². The molecular weight excluding hydrogens is 288 g/mol. The van der Waals surface area contributed by atoms with Crippen LogP contribution in [0.2, 0.25) is 0 Å². The van der Waals surface area contributed by atoms with Gasteiger partial charge in [-0.05, 0) is 27.0 Å². The first-order valence-corrected chi connectivity index (χ1v) is 8.40. The molecule has 2 rings (SSSR count). The van der Waals surface area contributed by atoms with Crippen LogP contribution >= 0.6 is 11.8 Å². The zero-order valence-corrected chi connectivity index (χ0v) is 13.9. The van der Waals surface area contributed by atoms with Crippen LogP contribution in [0.3, 0.4) is 0 Å². The summed E-state index contributed by atoms with van der Waals surface area (Å²) in [6, 6.07) is 1.96. The monoisotopic (exact) mass is 312 g/mol. The Balaban J connectivity index is 2.28. The summed E-state index contributed by atoms with van der Waals surface area (Å²) in [6.45, 7) is 8.31. The number of nitrogens with zero attached hydrogens (tertiary/aromatic N) is 3. The third-order valence-electron chi connectivity index (χ3n) is 3.24. The molecule has 1 unspecified atom stereocenters. The number of morpholine rings is 1. The van der Waals surface area contributed by atoms with Crippen LogP contribution < -0.4 is 10.2 Å². The predicted molar refractivity (Wildman–Crippen MR) is 86.2 cm³/mol. The number of aliphatic hydroxyl groups excluding tert-OH is 1. The highest BCUT2D eigenvalue weighted by atomic mass is 32.2. The third kappa shape index (κ3) is 4.21. The quantitative estimate of drug-likeness (QED) is 0.632. The number of hydrogen-bond acceptors (Lipinski definition) is 7. The Labute approximate surface area is 130 Å². The van der Waals surface area contributed by atoms with Crippen LogP contribution in [0.15, 0.2) is 11.2 Å². The van der Waals surface area contributed by atoms with E-state index in [1.54, 1.807) is 0 Å². The molecule has 1 saturated heterocycles. The maximum absolute atomic E-state index is 9.43. The summed E-state index contributed by atoms with van der Waals surface area (Å²) < 4.78 is 5.85. The minimum absolute atomic E-state index is 0.0144. The minimum Gasteiger partial charge on any atom is -0.394 e. The summed E-state index contributed by atoms with van der Waals surface area (Å²) in [5.41, 5.74) is -0.311. The van der Waals surface area contributed by atoms with Crippen molar-refractivity contribution in [3.8, 4) is 0 Å². The van der Waals surface area contributed by atoms with Gasteiger partial charge in [-0.2, -0.15) is 0 Å². The minimum atomic E-state index is -0.311. The summed E-state index contributed by atoms with van der Waals surface area (Å²) in [5.74, 6) is 1.71. The molecule has 0 spiro atoms. The lowest BCUT2D eigenvalue weighted by Crippen LogP contribution is -2.54. The number of anilines is 2. The number of hydrogen-bond donors (Lipinski definition) is 2. The Bertz CT molecular complexity index is 484. The van der Waals surface area contributed by atoms with Gasteiger partial charge in [0.1, 0.15) is 11.6 Å². The van der Waals surface area contributed by atoms with E-state index in [-0.39, 0.29) is 18.3 Å². The molecule has 2 N–H and O–H groups in total. The first-order valence-electron chi connectivity index (χ1n) is 7.18. The molecule has 0 radical (unpaired) electrons. The van der Waals surface area contributed by atoms with Crippen molar-refractivity contribution in [3.05, 3.63) is 6.07 Å². The van der Waals surface area contributed by atoms with Gasteiger partial charge in [0.05, 0.1) is 18.3 Å². The smallest absolute Gasteiger partial charge is 0.191 e. The van der Waals surface area contributed by atoms with E-state index in [1.807, 2.05) is 33.1 Å². The largest absolute Gasteiger partial charge is 0.394 e. The van der Waals surface area contributed by atoms with Crippen LogP contribution in [0, 0.1) is 0 Å². The van der Waals surface area contributed by atoms with E-state index in [2.05, 4.69) is 20.2 Å². The normalized spacial score (nSPS) is 21.4. The van der Waals surface area contributed by atoms with Gasteiger partial charge in [-0.15, -0.1) is 0 Å². The standard InChI is InChI=1S/C14H24N4O2S/c1-5-15-11-6-12(17-13(16-11)21-4)18-7-10(8-19)20-14(2,3)9-18/h6,10,19H,5,7-9H2,1-4H3,(H,15,16,17). The van der Waals surface area contributed by atoms with E-state index in [1.165, 1.54) is 11.8 Å². The topological polar surface area (TPSA) is 70.5 Å². The predicted octanol–water partition coefficient (Wildman–Crippen LogP) is 1.61. The summed E-state index contributed by atoms with van der Waals surface area (Å²) >= 11 is 1.52. The fourth-order valence-corrected chi connectivity index (χ4v) is 2.88. The molecule has 1 aromatic rings. The van der Waals surface area contributed by atoms with E-state index < -0.39 is 0 Å². The lowest BCUT2D eigenvalue weighted by atomic mass is 10.1. The second-order valence-corrected chi connectivity index (χ2v) is 6.46. The summed E-state index contributed by atoms with van der Waals surface area (Å²) in [5, 5.41) is 13.4. The molecule has 0 aliphatic carbocycles. The van der Waals surface area contributed by atoms with Crippen molar-refractivity contribution in [2.45, 2.75) is 37.6 Å². The number of ether oxygens (including phenoxy) is 1. The Morgan fingerprint density at radius 2 is 2.29 bits per heavy atom. The molecule has 0 aromatic carbocycles. The van der Waals surface area contributed by atoms with Gasteiger partial charge in [-0.1, -0.05) is 11.8 Å². The van der Waals surface area contributed by atoms with Gasteiger partial charge in [0.2, 0.25) is 0 Å². The average molecular weight is 312 g/mol. The summed E-state index contributed by atoms with van der Waals surface area (Å²) in [7, 11) is 0. The first-order chi connectivity index (χ1) is 9.97. The Morgan fingerprint density at radius 1 is 1.52 bits per heavy atom. The Hall–Kier alpha value is -1.05. The number of aliphatic hydroxyl groups is 1. The van der Waals surface area contributed by atoms with E-state index >= 15 is 0 Å². The van der Waals surface area contributed by atoms with Crippen molar-refractivity contribution in [2.75, 3.05) is 42.7 Å². The van der Waals surface area contributed by atoms with E-state index in [9.17, 15) is 5.11 Å². The molecule has 2 heterocycles. The van der Waals surface area contributed by atoms with Gasteiger partial charge in [0.15, 0.2) is 5.16 Å². The highest BCUT2D eigenvalue weighted by Crippen LogP contribution is 2.27. The lowest BCUT2D eigenvalue weighted by molar-refractivity contribution is -0.101. The zero-order valence-electron chi connectivity index (χ0n) is 13.1. The maximum Gasteiger partial charge on any atom is 0.191 e. The molecule has 7 heteroatoms. The molecule has 0 bridgehead atoms. The SMILES string of the molecule is CCNc1cc(N2CC(CO)OC(C)(C)C2)nc(SC)n1. The molecule has 21 heavy (non-hydrogen) atoms. The molecule has 6 nitrogen and oxygen atoms in total. The van der Waals surface area contributed by atoms with Gasteiger partial charge in [-0.25, -0.2) is 9.97 Å². The Morgan fingerprint density at radius 3 is 2.90 bits per heavy atom. The summed E-state index contributed by atoms with van der Waals surface area (Å²) in [4.78, 5) is 11.2. The molecule has 0 amide bonds. The van der Waals surface area contributed by atoms with Gasteiger partial charge in [0.25, 0.3) is 0 Å². The van der Waals surface area contributed by atoms with Crippen LogP contribution in [0.25, 0.3) is 0 Å². The number of rotatable bonds is 5. The molecular formula is C14H24N4O2S. The van der Waals surface area contributed by atoms with Crippen molar-refractivity contribution in [1.82, 2.24) is 9.97 Å². The molecule has 1 aliphatic rings. The van der Waals surface area contributed by atoms with Crippen LogP contribution in [0.4, 0.5) is 11.6 Å². The zero-order chi connectivity index (χ0) is 15.5. The van der Waals surface area contributed by atoms with Gasteiger partial charge < -0.3 is 20.1 Å². The second kappa shape index (κ2) is 6.81. The molecule has 1 aliphatic heterocycles. The van der Waals surface area contributed by atoms with Crippen molar-refractivity contribution in [2.24, 2.45) is 0 Å². The van der Waals surface area contributed by atoms with Crippen LogP contribution in [0.5, 0.6) is 0 Å². The second-order valence-electron chi connectivity index (χ2n) is 5.69. The molecule has 118 valence electrons. The van der Waals surface area contributed by atoms with E-state index in [4.69, 9.17) is 4.74 Å². The fourth-order valence-electron chi connectivity index (χ4n) is 2.50. The Kier molecular flexibility index (Phi) is 5.29. The fraction of sp³-hybridized carbons (Fsp3) is 0.714. The van der Waals surface area contributed by atoms with Crippen molar-refractivity contribution in [3.63, 3.8) is 0 Å². The van der Waals surface area contributed by atoms with E-state index in [0.717, 1.165) is 29.9 Å². The maximum atomic E-state index is 9.43. The number of nitrogens with one attached hydrogen (secondary N) is 1. The number of aromatic nitrogens is 2. The van der Waals surface area contributed by atoms with Gasteiger partial charge in [0, 0.05) is 25.7 Å². The number of thioether (sulfide) groups is 1. The van der Waals surface area contributed by atoms with Crippen LogP contribution in [0.1, 0.15) is 20.8 Å². The highest BCUT2D eigenvalue weighted by Gasteiger charge is 2.34.